The van der Waals surface area contributed by atoms with Crippen molar-refractivity contribution in [2.75, 3.05) is 4.90 Å². The summed E-state index contributed by atoms with van der Waals surface area (Å²) >= 11 is 0.999. The van der Waals surface area contributed by atoms with Gasteiger partial charge in [0, 0.05) is 0 Å². The topological polar surface area (TPSA) is 95.5 Å². The first-order valence-electron chi connectivity index (χ1n) is 7.17. The molecule has 0 radical (unpaired) electrons. The van der Waals surface area contributed by atoms with E-state index in [1.165, 1.54) is 41.6 Å². The van der Waals surface area contributed by atoms with E-state index in [0.717, 1.165) is 11.8 Å². The van der Waals surface area contributed by atoms with Crippen molar-refractivity contribution in [1.29, 1.82) is 0 Å². The predicted octanol–water partition coefficient (Wildman–Crippen LogP) is 2.73. The van der Waals surface area contributed by atoms with Crippen molar-refractivity contribution in [3.63, 3.8) is 0 Å². The number of rotatable bonds is 5. The van der Waals surface area contributed by atoms with Crippen LogP contribution >= 0.6 is 11.8 Å². The molecular formula is C16H12FN3O4S. The molecule has 3 rings (SSSR count). The van der Waals surface area contributed by atoms with Gasteiger partial charge in [-0.15, -0.1) is 5.10 Å². The van der Waals surface area contributed by atoms with Gasteiger partial charge in [-0.25, -0.2) is 4.39 Å². The molecule has 9 heteroatoms. The number of amides is 1. The smallest absolute Gasteiger partial charge is 0.305 e. The Morgan fingerprint density at radius 3 is 2.76 bits per heavy atom. The Morgan fingerprint density at radius 2 is 2.12 bits per heavy atom. The second-order valence-electron chi connectivity index (χ2n) is 5.00. The van der Waals surface area contributed by atoms with Gasteiger partial charge in [0.1, 0.15) is 16.8 Å². The number of hydrogen-bond donors (Lipinski definition) is 1. The van der Waals surface area contributed by atoms with Gasteiger partial charge in [0.25, 0.3) is 0 Å². The van der Waals surface area contributed by atoms with E-state index in [4.69, 9.17) is 9.52 Å². The molecule has 2 aromatic rings. The lowest BCUT2D eigenvalue weighted by Crippen LogP contribution is -2.32. The van der Waals surface area contributed by atoms with Crippen LogP contribution in [-0.4, -0.2) is 33.6 Å². The summed E-state index contributed by atoms with van der Waals surface area (Å²) in [4.78, 5) is 24.7. The van der Waals surface area contributed by atoms with Gasteiger partial charge in [-0.3, -0.25) is 14.5 Å². The molecule has 0 saturated carbocycles. The number of thioether (sulfide) groups is 1. The zero-order valence-corrected chi connectivity index (χ0v) is 13.5. The van der Waals surface area contributed by atoms with E-state index < -0.39 is 22.9 Å². The van der Waals surface area contributed by atoms with E-state index in [1.54, 1.807) is 12.1 Å². The number of nitrogens with zero attached hydrogens (tertiary/aromatic N) is 3. The van der Waals surface area contributed by atoms with Crippen LogP contribution in [0.25, 0.3) is 0 Å². The number of hydrogen-bond acceptors (Lipinski definition) is 6. The van der Waals surface area contributed by atoms with Gasteiger partial charge in [0.15, 0.2) is 5.17 Å². The van der Waals surface area contributed by atoms with E-state index in [2.05, 4.69) is 10.2 Å². The number of carboxylic acids is 1. The van der Waals surface area contributed by atoms with Crippen LogP contribution in [-0.2, 0) is 9.59 Å². The molecule has 1 aromatic carbocycles. The number of aliphatic carboxylic acids is 1. The Bertz CT molecular complexity index is 834. The van der Waals surface area contributed by atoms with Crippen molar-refractivity contribution in [3.8, 4) is 0 Å². The average molecular weight is 361 g/mol. The second-order valence-corrected chi connectivity index (χ2v) is 6.17. The normalized spacial score (nSPS) is 19.2. The van der Waals surface area contributed by atoms with Gasteiger partial charge in [-0.1, -0.05) is 11.8 Å². The highest BCUT2D eigenvalue weighted by Gasteiger charge is 2.40. The van der Waals surface area contributed by atoms with E-state index in [9.17, 15) is 14.0 Å². The summed E-state index contributed by atoms with van der Waals surface area (Å²) in [7, 11) is 0. The number of anilines is 1. The first kappa shape index (κ1) is 16.9. The molecule has 0 unspecified atom stereocenters. The number of benzene rings is 1. The molecule has 1 fully saturated rings. The van der Waals surface area contributed by atoms with Crippen molar-refractivity contribution in [3.05, 3.63) is 54.2 Å². The number of amidine groups is 1. The van der Waals surface area contributed by atoms with Crippen molar-refractivity contribution in [1.82, 2.24) is 0 Å². The summed E-state index contributed by atoms with van der Waals surface area (Å²) < 4.78 is 18.2. The number of furan rings is 1. The fourth-order valence-electron chi connectivity index (χ4n) is 2.15. The van der Waals surface area contributed by atoms with Gasteiger partial charge >= 0.3 is 5.97 Å². The minimum atomic E-state index is -1.09. The maximum Gasteiger partial charge on any atom is 0.305 e. The van der Waals surface area contributed by atoms with E-state index in [-0.39, 0.29) is 11.6 Å². The molecule has 1 aliphatic rings. The summed E-state index contributed by atoms with van der Waals surface area (Å²) in [5, 5.41) is 16.2. The molecule has 0 spiro atoms. The van der Waals surface area contributed by atoms with Crippen LogP contribution in [0.1, 0.15) is 12.2 Å². The second kappa shape index (κ2) is 7.31. The average Bonchev–Trinajstić information content (AvgIpc) is 3.18. The van der Waals surface area contributed by atoms with Crippen LogP contribution in [0.15, 0.2) is 57.3 Å². The highest BCUT2D eigenvalue weighted by molar-refractivity contribution is 8.16. The largest absolute Gasteiger partial charge is 0.481 e. The highest BCUT2D eigenvalue weighted by atomic mass is 32.2. The molecule has 1 aliphatic heterocycles. The summed E-state index contributed by atoms with van der Waals surface area (Å²) in [6.07, 6.45) is 2.50. The third kappa shape index (κ3) is 3.94. The standard InChI is InChI=1S/C16H12FN3O4S/c17-10-3-5-11(6-4-10)20-15(23)13(8-14(21)22)25-16(20)19-18-9-12-2-1-7-24-12/h1-7,9,13H,8H2,(H,21,22)/b18-9-,19-16+/t13-/m0/s1. The molecule has 1 aromatic heterocycles. The van der Waals surface area contributed by atoms with Crippen LogP contribution in [0.3, 0.4) is 0 Å². The molecule has 128 valence electrons. The molecule has 7 nitrogen and oxygen atoms in total. The number of carbonyl (C=O) groups is 2. The Balaban J connectivity index is 1.90. The van der Waals surface area contributed by atoms with Crippen molar-refractivity contribution < 1.29 is 23.5 Å². The molecule has 1 saturated heterocycles. The lowest BCUT2D eigenvalue weighted by molar-refractivity contribution is -0.138. The Morgan fingerprint density at radius 1 is 1.36 bits per heavy atom. The fraction of sp³-hybridized carbons (Fsp3) is 0.125. The molecule has 0 aliphatic carbocycles. The SMILES string of the molecule is O=C(O)C[C@@H]1S/C(=N/N=C\c2ccco2)N(c2ccc(F)cc2)C1=O. The Hall–Kier alpha value is -2.94. The van der Waals surface area contributed by atoms with Crippen LogP contribution in [0, 0.1) is 5.82 Å². The van der Waals surface area contributed by atoms with Crippen LogP contribution in [0.4, 0.5) is 10.1 Å². The van der Waals surface area contributed by atoms with Gasteiger partial charge in [-0.2, -0.15) is 5.10 Å². The van der Waals surface area contributed by atoms with Gasteiger partial charge in [0.2, 0.25) is 5.91 Å². The van der Waals surface area contributed by atoms with Gasteiger partial charge in [-0.05, 0) is 36.4 Å². The molecule has 2 heterocycles. The maximum atomic E-state index is 13.1. The fourth-order valence-corrected chi connectivity index (χ4v) is 3.23. The summed E-state index contributed by atoms with van der Waals surface area (Å²) in [6.45, 7) is 0. The zero-order valence-electron chi connectivity index (χ0n) is 12.7. The summed E-state index contributed by atoms with van der Waals surface area (Å²) in [5.41, 5.74) is 0.388. The number of carboxylic acid groups (broad SMARTS) is 1. The molecule has 25 heavy (non-hydrogen) atoms. The van der Waals surface area contributed by atoms with Crippen LogP contribution in [0.2, 0.25) is 0 Å². The molecule has 1 amide bonds. The summed E-state index contributed by atoms with van der Waals surface area (Å²) in [6, 6.07) is 8.63. The van der Waals surface area contributed by atoms with Gasteiger partial charge in [0.05, 0.1) is 24.6 Å². The third-order valence-corrected chi connectivity index (χ3v) is 4.38. The minimum Gasteiger partial charge on any atom is -0.481 e. The molecule has 1 N–H and O–H groups in total. The monoisotopic (exact) mass is 361 g/mol. The predicted molar refractivity (Wildman–Crippen MR) is 91.3 cm³/mol. The minimum absolute atomic E-state index is 0.214. The van der Waals surface area contributed by atoms with Crippen molar-refractivity contribution >= 4 is 40.7 Å². The van der Waals surface area contributed by atoms with Crippen LogP contribution < -0.4 is 4.90 Å². The highest BCUT2D eigenvalue weighted by Crippen LogP contribution is 2.33. The Kier molecular flexibility index (Phi) is 4.94. The Labute approximate surface area is 145 Å². The number of halogens is 1. The number of carbonyl (C=O) groups excluding carboxylic acids is 1. The first-order chi connectivity index (χ1) is 12.0. The van der Waals surface area contributed by atoms with E-state index >= 15 is 0 Å². The van der Waals surface area contributed by atoms with Crippen molar-refractivity contribution in [2.45, 2.75) is 11.7 Å². The molecule has 0 bridgehead atoms. The maximum absolute atomic E-state index is 13.1. The first-order valence-corrected chi connectivity index (χ1v) is 8.05. The van der Waals surface area contributed by atoms with Gasteiger partial charge < -0.3 is 9.52 Å². The lowest BCUT2D eigenvalue weighted by Gasteiger charge is -2.15. The molecule has 1 atom stereocenters. The third-order valence-electron chi connectivity index (χ3n) is 3.25. The van der Waals surface area contributed by atoms with Crippen molar-refractivity contribution in [2.24, 2.45) is 10.2 Å². The quantitative estimate of drug-likeness (QED) is 0.653. The van der Waals surface area contributed by atoms with E-state index in [1.807, 2.05) is 0 Å². The zero-order chi connectivity index (χ0) is 17.8. The van der Waals surface area contributed by atoms with E-state index in [0.29, 0.717) is 11.4 Å². The van der Waals surface area contributed by atoms with Crippen LogP contribution in [0.5, 0.6) is 0 Å². The summed E-state index contributed by atoms with van der Waals surface area (Å²) in [5.74, 6) is -1.50. The molecular weight excluding hydrogens is 349 g/mol. The lowest BCUT2D eigenvalue weighted by atomic mass is 10.2.